The van der Waals surface area contributed by atoms with Crippen molar-refractivity contribution in [1.82, 2.24) is 14.3 Å². The van der Waals surface area contributed by atoms with Crippen LogP contribution < -0.4 is 15.4 Å². The lowest BCUT2D eigenvalue weighted by molar-refractivity contribution is -0.128. The average Bonchev–Trinajstić information content (AvgIpc) is 3.23. The zero-order chi connectivity index (χ0) is 30.7. The summed E-state index contributed by atoms with van der Waals surface area (Å²) >= 11 is 0. The Bertz CT molecular complexity index is 1580. The molecule has 3 heterocycles. The minimum atomic E-state index is -4.46. The third kappa shape index (κ3) is 8.30. The lowest BCUT2D eigenvalue weighted by Crippen LogP contribution is -2.45. The van der Waals surface area contributed by atoms with E-state index in [9.17, 15) is 26.7 Å². The summed E-state index contributed by atoms with van der Waals surface area (Å²) in [6.07, 6.45) is -1.36. The van der Waals surface area contributed by atoms with Crippen LogP contribution in [0.3, 0.4) is 0 Å². The molecule has 1 aromatic carbocycles. The fourth-order valence-electron chi connectivity index (χ4n) is 5.01. The Labute approximate surface area is 244 Å². The number of hydrogen-bond donors (Lipinski definition) is 3. The molecule has 1 aliphatic rings. The van der Waals surface area contributed by atoms with Gasteiger partial charge in [-0.1, -0.05) is 5.92 Å². The molecule has 228 valence electrons. The third-order valence-electron chi connectivity index (χ3n) is 6.85. The number of alkyl halides is 3. The van der Waals surface area contributed by atoms with Crippen LogP contribution in [0.1, 0.15) is 38.1 Å². The van der Waals surface area contributed by atoms with E-state index in [0.717, 1.165) is 32.2 Å². The number of aromatic nitrogens is 2. The quantitative estimate of drug-likeness (QED) is 0.314. The van der Waals surface area contributed by atoms with Crippen LogP contribution in [-0.4, -0.2) is 85.2 Å². The van der Waals surface area contributed by atoms with E-state index in [2.05, 4.69) is 32.4 Å². The van der Waals surface area contributed by atoms with E-state index < -0.39 is 28.0 Å². The van der Waals surface area contributed by atoms with Crippen molar-refractivity contribution >= 4 is 26.9 Å². The predicted octanol–water partition coefficient (Wildman–Crippen LogP) is 3.96. The minimum Gasteiger partial charge on any atom is -0.495 e. The highest BCUT2D eigenvalue weighted by Gasteiger charge is 2.32. The SMILES string of the molecule is COc1cc(S(C)(=O)=O)ccc1NCC#Cc1nc2c(NC3CCN(CC(C)(C)O)CC3)cccn2c1CC(F)(F)F. The van der Waals surface area contributed by atoms with Gasteiger partial charge >= 0.3 is 6.18 Å². The number of β-amino-alcohol motifs (C(OH)–C–C–N with tert-alkyl or cyclic N) is 1. The molecule has 13 heteroatoms. The zero-order valence-electron chi connectivity index (χ0n) is 24.0. The van der Waals surface area contributed by atoms with Crippen molar-refractivity contribution in [2.75, 3.05) is 50.2 Å². The molecule has 1 saturated heterocycles. The number of aliphatic hydroxyl groups is 1. The number of nitrogens with one attached hydrogen (secondary N) is 2. The van der Waals surface area contributed by atoms with Gasteiger partial charge in [-0.2, -0.15) is 13.2 Å². The molecular weight excluding hydrogens is 571 g/mol. The van der Waals surface area contributed by atoms with E-state index in [1.54, 1.807) is 38.2 Å². The van der Waals surface area contributed by atoms with Crippen molar-refractivity contribution < 1.29 is 31.4 Å². The molecule has 3 aromatic rings. The molecule has 0 bridgehead atoms. The Balaban J connectivity index is 1.54. The molecule has 3 N–H and O–H groups in total. The molecule has 0 aliphatic carbocycles. The lowest BCUT2D eigenvalue weighted by Gasteiger charge is -2.35. The molecule has 1 fully saturated rings. The summed E-state index contributed by atoms with van der Waals surface area (Å²) in [5.41, 5.74) is 0.685. The molecule has 0 saturated carbocycles. The normalized spacial score (nSPS) is 15.3. The summed E-state index contributed by atoms with van der Waals surface area (Å²) in [6, 6.07) is 7.97. The number of sulfone groups is 1. The number of piperidine rings is 1. The van der Waals surface area contributed by atoms with E-state index in [1.165, 1.54) is 23.6 Å². The van der Waals surface area contributed by atoms with Gasteiger partial charge in [-0.05, 0) is 56.9 Å². The Kier molecular flexibility index (Phi) is 9.30. The first-order valence-corrected chi connectivity index (χ1v) is 15.4. The molecule has 9 nitrogen and oxygen atoms in total. The van der Waals surface area contributed by atoms with Gasteiger partial charge in [-0.25, -0.2) is 13.4 Å². The zero-order valence-corrected chi connectivity index (χ0v) is 24.9. The number of likely N-dealkylation sites (tertiary alicyclic amines) is 1. The van der Waals surface area contributed by atoms with Gasteiger partial charge in [-0.15, -0.1) is 0 Å². The van der Waals surface area contributed by atoms with Gasteiger partial charge < -0.3 is 29.8 Å². The van der Waals surface area contributed by atoms with Crippen LogP contribution in [0.5, 0.6) is 5.75 Å². The number of benzene rings is 1. The largest absolute Gasteiger partial charge is 0.495 e. The molecule has 0 spiro atoms. The first-order chi connectivity index (χ1) is 19.6. The van der Waals surface area contributed by atoms with Gasteiger partial charge in [0.2, 0.25) is 0 Å². The van der Waals surface area contributed by atoms with Crippen molar-refractivity contribution in [3.63, 3.8) is 0 Å². The molecule has 0 unspecified atom stereocenters. The maximum absolute atomic E-state index is 13.6. The molecule has 0 radical (unpaired) electrons. The number of hydrogen-bond acceptors (Lipinski definition) is 8. The van der Waals surface area contributed by atoms with Crippen LogP contribution in [0.2, 0.25) is 0 Å². The number of nitrogens with zero attached hydrogens (tertiary/aromatic N) is 3. The number of rotatable bonds is 9. The van der Waals surface area contributed by atoms with E-state index >= 15 is 0 Å². The summed E-state index contributed by atoms with van der Waals surface area (Å²) in [4.78, 5) is 6.81. The standard InChI is InChI=1S/C29H36F3N5O4S/c1-28(2,38)19-36-15-11-20(12-16-36)34-24-8-6-14-37-25(18-29(30,31)32)22(35-27(24)37)7-5-13-33-23-10-9-21(42(4,39)40)17-26(23)41-3/h6,8-10,14,17,20,33-34,38H,11-13,15-16,18-19H2,1-4H3. The van der Waals surface area contributed by atoms with E-state index in [-0.39, 0.29) is 28.9 Å². The second kappa shape index (κ2) is 12.4. The van der Waals surface area contributed by atoms with E-state index in [1.807, 2.05) is 0 Å². The molecule has 1 aliphatic heterocycles. The van der Waals surface area contributed by atoms with Crippen LogP contribution >= 0.6 is 0 Å². The second-order valence-corrected chi connectivity index (χ2v) is 13.1. The predicted molar refractivity (Wildman–Crippen MR) is 156 cm³/mol. The summed E-state index contributed by atoms with van der Waals surface area (Å²) in [6.45, 7) is 5.78. The molecule has 0 atom stereocenters. The number of methoxy groups -OCH3 is 1. The number of anilines is 2. The summed E-state index contributed by atoms with van der Waals surface area (Å²) in [5.74, 6) is 5.92. The van der Waals surface area contributed by atoms with Crippen molar-refractivity contribution in [2.24, 2.45) is 0 Å². The summed E-state index contributed by atoms with van der Waals surface area (Å²) in [5, 5.41) is 16.6. The number of imidazole rings is 1. The van der Waals surface area contributed by atoms with Crippen LogP contribution in [0.25, 0.3) is 5.65 Å². The van der Waals surface area contributed by atoms with Crippen molar-refractivity contribution in [1.29, 1.82) is 0 Å². The monoisotopic (exact) mass is 607 g/mol. The first kappa shape index (κ1) is 31.5. The number of ether oxygens (including phenoxy) is 1. The van der Waals surface area contributed by atoms with Crippen LogP contribution in [-0.2, 0) is 16.3 Å². The summed E-state index contributed by atoms with van der Waals surface area (Å²) < 4.78 is 71.1. The fourth-order valence-corrected chi connectivity index (χ4v) is 5.64. The van der Waals surface area contributed by atoms with Gasteiger partial charge in [0.1, 0.15) is 11.4 Å². The van der Waals surface area contributed by atoms with Gasteiger partial charge in [0.15, 0.2) is 15.5 Å². The number of halogens is 3. The second-order valence-electron chi connectivity index (χ2n) is 11.1. The average molecular weight is 608 g/mol. The first-order valence-electron chi connectivity index (χ1n) is 13.5. The molecular formula is C29H36F3N5O4S. The highest BCUT2D eigenvalue weighted by atomic mass is 32.2. The van der Waals surface area contributed by atoms with Crippen LogP contribution in [0.4, 0.5) is 24.5 Å². The topological polar surface area (TPSA) is 108 Å². The van der Waals surface area contributed by atoms with Gasteiger partial charge in [-0.3, -0.25) is 0 Å². The fraction of sp³-hybridized carbons (Fsp3) is 0.483. The Hall–Kier alpha value is -3.47. The van der Waals surface area contributed by atoms with Gasteiger partial charge in [0.25, 0.3) is 0 Å². The van der Waals surface area contributed by atoms with Crippen LogP contribution in [0, 0.1) is 11.8 Å². The minimum absolute atomic E-state index is 0.0303. The highest BCUT2D eigenvalue weighted by Crippen LogP contribution is 2.29. The Morgan fingerprint density at radius 3 is 2.50 bits per heavy atom. The summed E-state index contributed by atoms with van der Waals surface area (Å²) in [7, 11) is -2.02. The van der Waals surface area contributed by atoms with Crippen molar-refractivity contribution in [3.8, 4) is 17.6 Å². The van der Waals surface area contributed by atoms with E-state index in [0.29, 0.717) is 29.3 Å². The number of fused-ring (bicyclic) bond motifs is 1. The Morgan fingerprint density at radius 1 is 1.17 bits per heavy atom. The van der Waals surface area contributed by atoms with Gasteiger partial charge in [0.05, 0.1) is 47.6 Å². The van der Waals surface area contributed by atoms with Gasteiger partial charge in [0, 0.05) is 44.2 Å². The smallest absolute Gasteiger partial charge is 0.394 e. The van der Waals surface area contributed by atoms with Crippen molar-refractivity contribution in [3.05, 3.63) is 47.9 Å². The lowest BCUT2D eigenvalue weighted by atomic mass is 10.0. The third-order valence-corrected chi connectivity index (χ3v) is 7.96. The highest BCUT2D eigenvalue weighted by molar-refractivity contribution is 7.90. The number of pyridine rings is 1. The molecule has 0 amide bonds. The van der Waals surface area contributed by atoms with E-state index in [4.69, 9.17) is 4.74 Å². The van der Waals surface area contributed by atoms with Crippen LogP contribution in [0.15, 0.2) is 41.4 Å². The molecule has 2 aromatic heterocycles. The Morgan fingerprint density at radius 2 is 1.88 bits per heavy atom. The maximum Gasteiger partial charge on any atom is 0.394 e. The maximum atomic E-state index is 13.6. The molecule has 42 heavy (non-hydrogen) atoms. The van der Waals surface area contributed by atoms with Crippen molar-refractivity contribution in [2.45, 2.75) is 55.8 Å². The molecule has 4 rings (SSSR count).